The van der Waals surface area contributed by atoms with E-state index in [2.05, 4.69) is 0 Å². The molecule has 1 fully saturated rings. The van der Waals surface area contributed by atoms with Gasteiger partial charge in [0.1, 0.15) is 5.78 Å². The first-order valence-electron chi connectivity index (χ1n) is 6.46. The third-order valence-corrected chi connectivity index (χ3v) is 3.52. The third-order valence-electron chi connectivity index (χ3n) is 3.52. The van der Waals surface area contributed by atoms with Crippen LogP contribution in [0.2, 0.25) is 0 Å². The number of Topliss-reactive ketones (excluding diaryl/α,β-unsaturated/α-hetero) is 1. The number of carbonyl (C=O) groups is 3. The van der Waals surface area contributed by atoms with Gasteiger partial charge in [-0.15, -0.1) is 0 Å². The van der Waals surface area contributed by atoms with Gasteiger partial charge >= 0.3 is 11.9 Å². The maximum Gasteiger partial charge on any atom is 0.317 e. The van der Waals surface area contributed by atoms with E-state index in [1.54, 1.807) is 0 Å². The predicted molar refractivity (Wildman–Crippen MR) is 64.1 cm³/mol. The minimum atomic E-state index is -1.35. The Morgan fingerprint density at radius 1 is 1.11 bits per heavy atom. The van der Waals surface area contributed by atoms with E-state index in [4.69, 9.17) is 10.2 Å². The van der Waals surface area contributed by atoms with Crippen LogP contribution >= 0.6 is 0 Å². The van der Waals surface area contributed by atoms with E-state index in [9.17, 15) is 14.4 Å². The quantitative estimate of drug-likeness (QED) is 0.615. The van der Waals surface area contributed by atoms with Gasteiger partial charge in [-0.3, -0.25) is 14.4 Å². The normalized spacial score (nSPS) is 16.6. The van der Waals surface area contributed by atoms with Crippen LogP contribution in [0.1, 0.15) is 45.4 Å². The highest BCUT2D eigenvalue weighted by Gasteiger charge is 2.34. The molecular weight excluding hydrogens is 236 g/mol. The summed E-state index contributed by atoms with van der Waals surface area (Å²) in [7, 11) is 0. The molecule has 1 saturated carbocycles. The van der Waals surface area contributed by atoms with E-state index in [0.717, 1.165) is 19.3 Å². The molecule has 5 heteroatoms. The Hall–Kier alpha value is -1.39. The van der Waals surface area contributed by atoms with Crippen molar-refractivity contribution in [1.82, 2.24) is 0 Å². The Balaban J connectivity index is 2.36. The van der Waals surface area contributed by atoms with Crippen LogP contribution in [0.15, 0.2) is 0 Å². The van der Waals surface area contributed by atoms with E-state index >= 15 is 0 Å². The van der Waals surface area contributed by atoms with Crippen molar-refractivity contribution in [3.8, 4) is 0 Å². The number of carbonyl (C=O) groups excluding carboxylic acids is 1. The summed E-state index contributed by atoms with van der Waals surface area (Å²) in [6.07, 6.45) is 3.87. The molecular formula is C13H20O5. The second-order valence-corrected chi connectivity index (χ2v) is 4.94. The number of ketones is 1. The fourth-order valence-corrected chi connectivity index (χ4v) is 2.17. The van der Waals surface area contributed by atoms with E-state index in [0.29, 0.717) is 12.8 Å². The highest BCUT2D eigenvalue weighted by Crippen LogP contribution is 2.34. The Kier molecular flexibility index (Phi) is 5.31. The number of carboxylic acid groups (broad SMARTS) is 2. The van der Waals surface area contributed by atoms with E-state index in [1.807, 2.05) is 6.92 Å². The van der Waals surface area contributed by atoms with E-state index < -0.39 is 17.9 Å². The molecule has 0 aliphatic heterocycles. The summed E-state index contributed by atoms with van der Waals surface area (Å²) in [6, 6.07) is 0. The van der Waals surface area contributed by atoms with Crippen molar-refractivity contribution in [2.24, 2.45) is 17.8 Å². The number of hydrogen-bond donors (Lipinski definition) is 2. The molecule has 1 rings (SSSR count). The summed E-state index contributed by atoms with van der Waals surface area (Å²) >= 11 is 0. The molecule has 0 aromatic carbocycles. The van der Waals surface area contributed by atoms with Gasteiger partial charge in [-0.1, -0.05) is 13.3 Å². The molecule has 0 heterocycles. The van der Waals surface area contributed by atoms with Crippen LogP contribution in [0, 0.1) is 17.8 Å². The van der Waals surface area contributed by atoms with Crippen molar-refractivity contribution in [3.63, 3.8) is 0 Å². The fraction of sp³-hybridized carbons (Fsp3) is 0.769. The lowest BCUT2D eigenvalue weighted by Crippen LogP contribution is -2.24. The van der Waals surface area contributed by atoms with Crippen LogP contribution < -0.4 is 0 Å². The molecule has 18 heavy (non-hydrogen) atoms. The molecule has 2 N–H and O–H groups in total. The summed E-state index contributed by atoms with van der Waals surface area (Å²) in [5, 5.41) is 17.5. The smallest absolute Gasteiger partial charge is 0.317 e. The Labute approximate surface area is 106 Å². The van der Waals surface area contributed by atoms with Crippen LogP contribution in [0.4, 0.5) is 0 Å². The van der Waals surface area contributed by atoms with Crippen molar-refractivity contribution in [2.45, 2.75) is 45.4 Å². The predicted octanol–water partition coefficient (Wildman–Crippen LogP) is 1.95. The van der Waals surface area contributed by atoms with Gasteiger partial charge < -0.3 is 10.2 Å². The maximum atomic E-state index is 11.8. The standard InChI is InChI=1S/C13H20O5/c1-2-8(11(14)9-6-7-9)4-3-5-10(12(15)16)13(17)18/h8-10H,2-7H2,1H3,(H,15,16)(H,17,18). The minimum Gasteiger partial charge on any atom is -0.481 e. The number of aliphatic carboxylic acids is 2. The molecule has 0 spiro atoms. The third kappa shape index (κ3) is 4.13. The highest BCUT2D eigenvalue weighted by molar-refractivity contribution is 5.92. The van der Waals surface area contributed by atoms with Crippen LogP contribution in [0.5, 0.6) is 0 Å². The van der Waals surface area contributed by atoms with Crippen molar-refractivity contribution in [2.75, 3.05) is 0 Å². The summed E-state index contributed by atoms with van der Waals surface area (Å²) in [4.78, 5) is 33.2. The van der Waals surface area contributed by atoms with Crippen LogP contribution in [0.25, 0.3) is 0 Å². The Morgan fingerprint density at radius 3 is 2.06 bits per heavy atom. The summed E-state index contributed by atoms with van der Waals surface area (Å²) in [6.45, 7) is 1.94. The molecule has 0 bridgehead atoms. The Bertz CT molecular complexity index is 318. The molecule has 5 nitrogen and oxygen atoms in total. The molecule has 0 amide bonds. The lowest BCUT2D eigenvalue weighted by molar-refractivity contribution is -0.154. The van der Waals surface area contributed by atoms with Crippen LogP contribution in [-0.2, 0) is 14.4 Å². The molecule has 1 aliphatic carbocycles. The first-order valence-corrected chi connectivity index (χ1v) is 6.46. The molecule has 0 saturated heterocycles. The largest absolute Gasteiger partial charge is 0.481 e. The molecule has 0 aromatic heterocycles. The second kappa shape index (κ2) is 6.52. The lowest BCUT2D eigenvalue weighted by Gasteiger charge is -2.14. The topological polar surface area (TPSA) is 91.7 Å². The van der Waals surface area contributed by atoms with Crippen molar-refractivity contribution < 1.29 is 24.6 Å². The molecule has 0 aromatic rings. The SMILES string of the molecule is CCC(CCCC(C(=O)O)C(=O)O)C(=O)C1CC1. The zero-order valence-corrected chi connectivity index (χ0v) is 10.6. The van der Waals surface area contributed by atoms with Gasteiger partial charge in [-0.05, 0) is 32.1 Å². The first kappa shape index (κ1) is 14.7. The molecule has 0 radical (unpaired) electrons. The van der Waals surface area contributed by atoms with Crippen molar-refractivity contribution in [3.05, 3.63) is 0 Å². The van der Waals surface area contributed by atoms with E-state index in [-0.39, 0.29) is 24.0 Å². The number of carboxylic acids is 2. The van der Waals surface area contributed by atoms with Crippen LogP contribution in [-0.4, -0.2) is 27.9 Å². The van der Waals surface area contributed by atoms with Gasteiger partial charge in [-0.2, -0.15) is 0 Å². The number of rotatable bonds is 9. The van der Waals surface area contributed by atoms with Gasteiger partial charge in [0.2, 0.25) is 0 Å². The summed E-state index contributed by atoms with van der Waals surface area (Å²) in [5.74, 6) is -3.49. The van der Waals surface area contributed by atoms with Crippen LogP contribution in [0.3, 0.4) is 0 Å². The highest BCUT2D eigenvalue weighted by atomic mass is 16.4. The summed E-state index contributed by atoms with van der Waals surface area (Å²) < 4.78 is 0. The lowest BCUT2D eigenvalue weighted by atomic mass is 9.90. The molecule has 1 aliphatic rings. The zero-order chi connectivity index (χ0) is 13.7. The molecule has 1 unspecified atom stereocenters. The van der Waals surface area contributed by atoms with Crippen molar-refractivity contribution in [1.29, 1.82) is 0 Å². The van der Waals surface area contributed by atoms with Gasteiger partial charge in [0.15, 0.2) is 5.92 Å². The maximum absolute atomic E-state index is 11.8. The average Bonchev–Trinajstić information content (AvgIpc) is 3.11. The van der Waals surface area contributed by atoms with Gasteiger partial charge in [-0.25, -0.2) is 0 Å². The van der Waals surface area contributed by atoms with Crippen molar-refractivity contribution >= 4 is 17.7 Å². The van der Waals surface area contributed by atoms with E-state index in [1.165, 1.54) is 0 Å². The van der Waals surface area contributed by atoms with Gasteiger partial charge in [0, 0.05) is 11.8 Å². The fourth-order valence-electron chi connectivity index (χ4n) is 2.17. The molecule has 102 valence electrons. The van der Waals surface area contributed by atoms with Gasteiger partial charge in [0.05, 0.1) is 0 Å². The average molecular weight is 256 g/mol. The summed E-state index contributed by atoms with van der Waals surface area (Å²) in [5.41, 5.74) is 0. The minimum absolute atomic E-state index is 0.0271. The van der Waals surface area contributed by atoms with Gasteiger partial charge in [0.25, 0.3) is 0 Å². The number of hydrogen-bond acceptors (Lipinski definition) is 3. The monoisotopic (exact) mass is 256 g/mol. The zero-order valence-electron chi connectivity index (χ0n) is 10.6. The first-order chi connectivity index (χ1) is 8.47. The molecule has 1 atom stereocenters. The Morgan fingerprint density at radius 2 is 1.67 bits per heavy atom. The second-order valence-electron chi connectivity index (χ2n) is 4.94.